The summed E-state index contributed by atoms with van der Waals surface area (Å²) in [6.07, 6.45) is 4.19. The normalized spacial score (nSPS) is 10.8. The van der Waals surface area contributed by atoms with Gasteiger partial charge in [-0.3, -0.25) is 9.78 Å². The number of alkyl halides is 2. The molecule has 0 aliphatic carbocycles. The van der Waals surface area contributed by atoms with Crippen LogP contribution in [0.25, 0.3) is 0 Å². The van der Waals surface area contributed by atoms with E-state index in [0.29, 0.717) is 11.1 Å². The number of pyridine rings is 1. The first-order chi connectivity index (χ1) is 10.2. The molecule has 0 radical (unpaired) electrons. The summed E-state index contributed by atoms with van der Waals surface area (Å²) in [5.41, 5.74) is 3.00. The minimum atomic E-state index is -2.93. The van der Waals surface area contributed by atoms with Gasteiger partial charge in [0.2, 0.25) is 0 Å². The second-order valence-corrected chi connectivity index (χ2v) is 3.85. The van der Waals surface area contributed by atoms with Gasteiger partial charge >= 0.3 is 6.61 Å². The molecule has 5 nitrogen and oxygen atoms in total. The Morgan fingerprint density at radius 1 is 1.24 bits per heavy atom. The number of carbonyl (C=O) groups excluding carboxylic acids is 1. The van der Waals surface area contributed by atoms with E-state index in [0.717, 1.165) is 0 Å². The van der Waals surface area contributed by atoms with Crippen molar-refractivity contribution in [3.8, 4) is 5.75 Å². The number of amides is 1. The van der Waals surface area contributed by atoms with Crippen LogP contribution in [-0.2, 0) is 0 Å². The van der Waals surface area contributed by atoms with Crippen LogP contribution in [0, 0.1) is 0 Å². The van der Waals surface area contributed by atoms with Gasteiger partial charge in [0.25, 0.3) is 5.91 Å². The van der Waals surface area contributed by atoms with Crippen LogP contribution in [0.3, 0.4) is 0 Å². The highest BCUT2D eigenvalue weighted by Gasteiger charge is 2.07. The molecule has 2 rings (SSSR count). The molecule has 0 fully saturated rings. The number of rotatable bonds is 5. The van der Waals surface area contributed by atoms with E-state index in [1.165, 1.54) is 36.8 Å². The van der Waals surface area contributed by atoms with Gasteiger partial charge in [0.1, 0.15) is 5.75 Å². The molecule has 21 heavy (non-hydrogen) atoms. The molecule has 0 aliphatic heterocycles. The van der Waals surface area contributed by atoms with Crippen LogP contribution >= 0.6 is 0 Å². The third-order valence-corrected chi connectivity index (χ3v) is 2.45. The lowest BCUT2D eigenvalue weighted by Crippen LogP contribution is -2.17. The molecule has 0 spiro atoms. The fourth-order valence-electron chi connectivity index (χ4n) is 1.52. The van der Waals surface area contributed by atoms with Gasteiger partial charge < -0.3 is 4.74 Å². The Morgan fingerprint density at radius 2 is 1.95 bits per heavy atom. The summed E-state index contributed by atoms with van der Waals surface area (Å²) >= 11 is 0. The summed E-state index contributed by atoms with van der Waals surface area (Å²) < 4.78 is 28.8. The molecular formula is C14H11F2N3O2. The number of benzene rings is 1. The van der Waals surface area contributed by atoms with Crippen molar-refractivity contribution in [3.63, 3.8) is 0 Å². The van der Waals surface area contributed by atoms with Crippen molar-refractivity contribution in [1.29, 1.82) is 0 Å². The Balaban J connectivity index is 2.03. The Kier molecular flexibility index (Phi) is 4.92. The molecule has 108 valence electrons. The van der Waals surface area contributed by atoms with Crippen molar-refractivity contribution >= 4 is 12.1 Å². The number of para-hydroxylation sites is 1. The molecule has 7 heteroatoms. The van der Waals surface area contributed by atoms with Gasteiger partial charge in [-0.05, 0) is 24.3 Å². The van der Waals surface area contributed by atoms with Crippen LogP contribution in [0.5, 0.6) is 5.75 Å². The molecular weight excluding hydrogens is 280 g/mol. The lowest BCUT2D eigenvalue weighted by molar-refractivity contribution is -0.0499. The van der Waals surface area contributed by atoms with Gasteiger partial charge in [-0.15, -0.1) is 0 Å². The Morgan fingerprint density at radius 3 is 2.67 bits per heavy atom. The summed E-state index contributed by atoms with van der Waals surface area (Å²) in [7, 11) is 0. The largest absolute Gasteiger partial charge is 0.434 e. The maximum absolute atomic E-state index is 12.2. The predicted octanol–water partition coefficient (Wildman–Crippen LogP) is 2.45. The third kappa shape index (κ3) is 4.34. The van der Waals surface area contributed by atoms with E-state index < -0.39 is 12.5 Å². The Hall–Kier alpha value is -2.83. The number of hydrogen-bond donors (Lipinski definition) is 1. The molecule has 0 unspecified atom stereocenters. The number of hydrogen-bond acceptors (Lipinski definition) is 4. The monoisotopic (exact) mass is 291 g/mol. The highest BCUT2D eigenvalue weighted by atomic mass is 19.3. The summed E-state index contributed by atoms with van der Waals surface area (Å²) in [4.78, 5) is 15.5. The Labute approximate surface area is 119 Å². The van der Waals surface area contributed by atoms with Crippen molar-refractivity contribution in [1.82, 2.24) is 10.4 Å². The van der Waals surface area contributed by atoms with Gasteiger partial charge in [-0.1, -0.05) is 12.1 Å². The second kappa shape index (κ2) is 7.09. The van der Waals surface area contributed by atoms with Gasteiger partial charge in [0.05, 0.1) is 6.21 Å². The number of carbonyl (C=O) groups is 1. The molecule has 1 heterocycles. The van der Waals surface area contributed by atoms with E-state index in [1.807, 2.05) is 0 Å². The van der Waals surface area contributed by atoms with E-state index in [9.17, 15) is 13.6 Å². The molecule has 0 atom stereocenters. The van der Waals surface area contributed by atoms with E-state index >= 15 is 0 Å². The number of hydrazone groups is 1. The molecule has 0 saturated heterocycles. The summed E-state index contributed by atoms with van der Waals surface area (Å²) in [5.74, 6) is -0.449. The molecule has 2 aromatic rings. The van der Waals surface area contributed by atoms with Crippen molar-refractivity contribution in [3.05, 3.63) is 59.9 Å². The zero-order valence-electron chi connectivity index (χ0n) is 10.7. The average molecular weight is 291 g/mol. The number of nitrogens with one attached hydrogen (secondary N) is 1. The summed E-state index contributed by atoms with van der Waals surface area (Å²) in [6.45, 7) is -2.93. The van der Waals surface area contributed by atoms with Crippen molar-refractivity contribution < 1.29 is 18.3 Å². The number of ether oxygens (including phenoxy) is 1. The topological polar surface area (TPSA) is 63.6 Å². The van der Waals surface area contributed by atoms with Crippen molar-refractivity contribution in [2.45, 2.75) is 6.61 Å². The van der Waals surface area contributed by atoms with E-state index in [4.69, 9.17) is 0 Å². The van der Waals surface area contributed by atoms with Gasteiger partial charge in [0, 0.05) is 23.5 Å². The highest BCUT2D eigenvalue weighted by molar-refractivity contribution is 5.94. The van der Waals surface area contributed by atoms with Gasteiger partial charge in [-0.25, -0.2) is 5.43 Å². The van der Waals surface area contributed by atoms with Crippen LogP contribution in [0.4, 0.5) is 8.78 Å². The zero-order valence-corrected chi connectivity index (χ0v) is 10.7. The maximum Gasteiger partial charge on any atom is 0.387 e. The van der Waals surface area contributed by atoms with E-state index in [2.05, 4.69) is 20.2 Å². The first-order valence-electron chi connectivity index (χ1n) is 5.94. The minimum absolute atomic E-state index is 0.0191. The van der Waals surface area contributed by atoms with Crippen LogP contribution < -0.4 is 10.2 Å². The van der Waals surface area contributed by atoms with E-state index in [1.54, 1.807) is 18.2 Å². The average Bonchev–Trinajstić information content (AvgIpc) is 2.49. The minimum Gasteiger partial charge on any atom is -0.434 e. The van der Waals surface area contributed by atoms with E-state index in [-0.39, 0.29) is 5.75 Å². The number of aromatic nitrogens is 1. The first-order valence-corrected chi connectivity index (χ1v) is 5.94. The van der Waals surface area contributed by atoms with Crippen LogP contribution in [-0.4, -0.2) is 23.7 Å². The maximum atomic E-state index is 12.2. The molecule has 1 amide bonds. The lowest BCUT2D eigenvalue weighted by Gasteiger charge is -2.06. The highest BCUT2D eigenvalue weighted by Crippen LogP contribution is 2.18. The van der Waals surface area contributed by atoms with Crippen molar-refractivity contribution in [2.24, 2.45) is 5.10 Å². The fraction of sp³-hybridized carbons (Fsp3) is 0.0714. The molecule has 1 aromatic carbocycles. The van der Waals surface area contributed by atoms with Crippen LogP contribution in [0.2, 0.25) is 0 Å². The smallest absolute Gasteiger partial charge is 0.387 e. The summed E-state index contributed by atoms with van der Waals surface area (Å²) in [5, 5.41) is 3.72. The molecule has 0 bridgehead atoms. The lowest BCUT2D eigenvalue weighted by atomic mass is 10.2. The Bertz CT molecular complexity index is 633. The molecule has 0 aliphatic rings. The first kappa shape index (κ1) is 14.6. The number of nitrogens with zero attached hydrogens (tertiary/aromatic N) is 2. The quantitative estimate of drug-likeness (QED) is 0.680. The number of halogens is 2. The molecule has 0 saturated carbocycles. The zero-order chi connectivity index (χ0) is 15.1. The van der Waals surface area contributed by atoms with Crippen molar-refractivity contribution in [2.75, 3.05) is 0 Å². The second-order valence-electron chi connectivity index (χ2n) is 3.85. The summed E-state index contributed by atoms with van der Waals surface area (Å²) in [6, 6.07) is 9.18. The van der Waals surface area contributed by atoms with Gasteiger partial charge in [0.15, 0.2) is 0 Å². The standard InChI is InChI=1S/C14H11F2N3O2/c15-14(16)21-12-4-2-1-3-11(12)9-18-19-13(20)10-5-7-17-8-6-10/h1-9,14H,(H,19,20)/b18-9-. The molecule has 1 N–H and O–H groups in total. The fourth-order valence-corrected chi connectivity index (χ4v) is 1.52. The predicted molar refractivity (Wildman–Crippen MR) is 72.4 cm³/mol. The van der Waals surface area contributed by atoms with Crippen LogP contribution in [0.1, 0.15) is 15.9 Å². The molecule has 1 aromatic heterocycles. The van der Waals surface area contributed by atoms with Crippen LogP contribution in [0.15, 0.2) is 53.9 Å². The SMILES string of the molecule is O=C(N/N=C\c1ccccc1OC(F)F)c1ccncc1. The van der Waals surface area contributed by atoms with Gasteiger partial charge in [-0.2, -0.15) is 13.9 Å². The third-order valence-electron chi connectivity index (χ3n) is 2.45.